The average molecular weight is 336 g/mol. The molecule has 1 atom stereocenters. The van der Waals surface area contributed by atoms with Crippen LogP contribution in [0.5, 0.6) is 0 Å². The normalized spacial score (nSPS) is 17.7. The van der Waals surface area contributed by atoms with Crippen LogP contribution < -0.4 is 10.6 Å². The molecule has 1 aliphatic heterocycles. The van der Waals surface area contributed by atoms with E-state index in [0.717, 1.165) is 23.1 Å². The monoisotopic (exact) mass is 336 g/mol. The van der Waals surface area contributed by atoms with Gasteiger partial charge in [0.15, 0.2) is 0 Å². The van der Waals surface area contributed by atoms with E-state index in [1.807, 2.05) is 24.3 Å². The van der Waals surface area contributed by atoms with Gasteiger partial charge in [-0.2, -0.15) is 0 Å². The van der Waals surface area contributed by atoms with E-state index >= 15 is 0 Å². The quantitative estimate of drug-likeness (QED) is 0.716. The highest BCUT2D eigenvalue weighted by Crippen LogP contribution is 2.38. The number of carbonyl (C=O) groups is 3. The van der Waals surface area contributed by atoms with Gasteiger partial charge in [-0.05, 0) is 34.2 Å². The highest BCUT2D eigenvalue weighted by atomic mass is 16.5. The first-order valence-electron chi connectivity index (χ1n) is 8.08. The predicted molar refractivity (Wildman–Crippen MR) is 89.6 cm³/mol. The van der Waals surface area contributed by atoms with Gasteiger partial charge < -0.3 is 10.1 Å². The fourth-order valence-electron chi connectivity index (χ4n) is 3.36. The number of ether oxygens (including phenoxy) is 1. The molecule has 3 amide bonds. The summed E-state index contributed by atoms with van der Waals surface area (Å²) in [5.74, 6) is -0.896. The molecule has 6 heteroatoms. The molecule has 0 aromatic heterocycles. The summed E-state index contributed by atoms with van der Waals surface area (Å²) < 4.78 is 5.26. The van der Waals surface area contributed by atoms with Gasteiger partial charge in [0.05, 0.1) is 6.42 Å². The Kier molecular flexibility index (Phi) is 3.72. The number of benzene rings is 2. The van der Waals surface area contributed by atoms with E-state index in [1.165, 1.54) is 11.1 Å². The molecule has 4 rings (SSSR count). The molecule has 25 heavy (non-hydrogen) atoms. The second kappa shape index (κ2) is 6.05. The zero-order valence-corrected chi connectivity index (χ0v) is 13.4. The minimum absolute atomic E-state index is 0.0516. The Balaban J connectivity index is 1.44. The largest absolute Gasteiger partial charge is 0.445 e. The molecule has 1 aliphatic carbocycles. The minimum Gasteiger partial charge on any atom is -0.445 e. The molecule has 0 saturated carbocycles. The van der Waals surface area contributed by atoms with Gasteiger partial charge in [-0.15, -0.1) is 0 Å². The molecule has 2 aromatic rings. The van der Waals surface area contributed by atoms with Gasteiger partial charge in [-0.1, -0.05) is 42.5 Å². The summed E-state index contributed by atoms with van der Waals surface area (Å²) in [6.07, 6.45) is 0.0545. The standard InChI is InChI=1S/C19H16N2O4/c22-17-9-16(18(23)21-17)20-19(24)25-10-12-5-3-7-14-13-6-2-1-4-11(13)8-15(12)14/h1-7,16H,8-10H2,(H,20,24)(H,21,22,23). The first-order valence-corrected chi connectivity index (χ1v) is 8.08. The third-order valence-electron chi connectivity index (χ3n) is 4.57. The molecule has 2 N–H and O–H groups in total. The summed E-state index contributed by atoms with van der Waals surface area (Å²) in [5.41, 5.74) is 5.74. The first kappa shape index (κ1) is 15.4. The molecule has 1 heterocycles. The lowest BCUT2D eigenvalue weighted by molar-refractivity contribution is -0.125. The molecule has 1 unspecified atom stereocenters. The number of alkyl carbamates (subject to hydrolysis) is 1. The molecule has 2 aliphatic rings. The van der Waals surface area contributed by atoms with Crippen molar-refractivity contribution in [1.82, 2.24) is 10.6 Å². The third-order valence-corrected chi connectivity index (χ3v) is 4.57. The van der Waals surface area contributed by atoms with Crippen LogP contribution in [0, 0.1) is 0 Å². The van der Waals surface area contributed by atoms with Crippen LogP contribution in [0.15, 0.2) is 42.5 Å². The van der Waals surface area contributed by atoms with Gasteiger partial charge in [0.2, 0.25) is 11.8 Å². The SMILES string of the molecule is O=C1CC(NC(=O)OCc2cccc3c2Cc2ccccc2-3)C(=O)N1. The maximum atomic E-state index is 11.9. The summed E-state index contributed by atoms with van der Waals surface area (Å²) >= 11 is 0. The van der Waals surface area contributed by atoms with Crippen LogP contribution in [0.2, 0.25) is 0 Å². The van der Waals surface area contributed by atoms with Crippen molar-refractivity contribution in [2.45, 2.75) is 25.5 Å². The second-order valence-corrected chi connectivity index (χ2v) is 6.17. The van der Waals surface area contributed by atoms with Crippen molar-refractivity contribution < 1.29 is 19.1 Å². The summed E-state index contributed by atoms with van der Waals surface area (Å²) in [4.78, 5) is 34.5. The Morgan fingerprint density at radius 2 is 1.92 bits per heavy atom. The van der Waals surface area contributed by atoms with Crippen molar-refractivity contribution >= 4 is 17.9 Å². The number of imide groups is 1. The van der Waals surface area contributed by atoms with Crippen molar-refractivity contribution in [3.63, 3.8) is 0 Å². The van der Waals surface area contributed by atoms with Crippen LogP contribution in [0.3, 0.4) is 0 Å². The van der Waals surface area contributed by atoms with Gasteiger partial charge in [0, 0.05) is 0 Å². The first-order chi connectivity index (χ1) is 12.1. The van der Waals surface area contributed by atoms with E-state index in [1.54, 1.807) is 0 Å². The van der Waals surface area contributed by atoms with E-state index in [9.17, 15) is 14.4 Å². The van der Waals surface area contributed by atoms with Crippen molar-refractivity contribution in [3.05, 3.63) is 59.2 Å². The minimum atomic E-state index is -0.856. The van der Waals surface area contributed by atoms with E-state index in [2.05, 4.69) is 28.8 Å². The molecule has 0 radical (unpaired) electrons. The van der Waals surface area contributed by atoms with Crippen LogP contribution in [0.1, 0.15) is 23.1 Å². The fourth-order valence-corrected chi connectivity index (χ4v) is 3.36. The molecule has 0 spiro atoms. The Bertz CT molecular complexity index is 891. The van der Waals surface area contributed by atoms with E-state index < -0.39 is 23.9 Å². The molecule has 2 aromatic carbocycles. The molecular formula is C19H16N2O4. The maximum absolute atomic E-state index is 11.9. The summed E-state index contributed by atoms with van der Waals surface area (Å²) in [5, 5.41) is 4.56. The summed E-state index contributed by atoms with van der Waals surface area (Å²) in [7, 11) is 0. The van der Waals surface area contributed by atoms with Gasteiger partial charge in [0.25, 0.3) is 0 Å². The number of carbonyl (C=O) groups excluding carboxylic acids is 3. The lowest BCUT2D eigenvalue weighted by Crippen LogP contribution is -2.40. The fraction of sp³-hybridized carbons (Fsp3) is 0.211. The van der Waals surface area contributed by atoms with Crippen molar-refractivity contribution in [1.29, 1.82) is 0 Å². The Morgan fingerprint density at radius 1 is 1.12 bits per heavy atom. The van der Waals surface area contributed by atoms with Crippen LogP contribution >= 0.6 is 0 Å². The zero-order valence-electron chi connectivity index (χ0n) is 13.4. The molecule has 1 saturated heterocycles. The molecule has 126 valence electrons. The van der Waals surface area contributed by atoms with Crippen LogP contribution in [-0.2, 0) is 27.4 Å². The van der Waals surface area contributed by atoms with Crippen LogP contribution in [0.25, 0.3) is 11.1 Å². The average Bonchev–Trinajstić information content (AvgIpc) is 3.13. The van der Waals surface area contributed by atoms with Crippen molar-refractivity contribution in [3.8, 4) is 11.1 Å². The highest BCUT2D eigenvalue weighted by Gasteiger charge is 2.32. The predicted octanol–water partition coefficient (Wildman–Crippen LogP) is 1.90. The number of hydrogen-bond acceptors (Lipinski definition) is 4. The molecule has 1 fully saturated rings. The van der Waals surface area contributed by atoms with E-state index in [0.29, 0.717) is 0 Å². The summed E-state index contributed by atoms with van der Waals surface area (Å²) in [6.45, 7) is 0.116. The lowest BCUT2D eigenvalue weighted by atomic mass is 10.0. The lowest BCUT2D eigenvalue weighted by Gasteiger charge is -2.12. The van der Waals surface area contributed by atoms with Crippen molar-refractivity contribution in [2.75, 3.05) is 0 Å². The van der Waals surface area contributed by atoms with Gasteiger partial charge in [-0.3, -0.25) is 14.9 Å². The molecular weight excluding hydrogens is 320 g/mol. The number of rotatable bonds is 3. The van der Waals surface area contributed by atoms with Gasteiger partial charge in [0.1, 0.15) is 12.6 Å². The molecule has 0 bridgehead atoms. The summed E-state index contributed by atoms with van der Waals surface area (Å²) in [6, 6.07) is 13.3. The molecule has 6 nitrogen and oxygen atoms in total. The number of amides is 3. The zero-order chi connectivity index (χ0) is 17.4. The Hall–Kier alpha value is -3.15. The van der Waals surface area contributed by atoms with E-state index in [4.69, 9.17) is 4.74 Å². The number of fused-ring (bicyclic) bond motifs is 3. The topological polar surface area (TPSA) is 84.5 Å². The third kappa shape index (κ3) is 2.87. The second-order valence-electron chi connectivity index (χ2n) is 6.17. The number of hydrogen-bond donors (Lipinski definition) is 2. The highest BCUT2D eigenvalue weighted by molar-refractivity contribution is 6.06. The maximum Gasteiger partial charge on any atom is 0.408 e. The van der Waals surface area contributed by atoms with Crippen LogP contribution in [-0.4, -0.2) is 23.9 Å². The van der Waals surface area contributed by atoms with Crippen LogP contribution in [0.4, 0.5) is 4.79 Å². The Morgan fingerprint density at radius 3 is 2.72 bits per heavy atom. The number of nitrogens with one attached hydrogen (secondary N) is 2. The smallest absolute Gasteiger partial charge is 0.408 e. The van der Waals surface area contributed by atoms with Gasteiger partial charge in [-0.25, -0.2) is 4.79 Å². The Labute approximate surface area is 144 Å². The van der Waals surface area contributed by atoms with E-state index in [-0.39, 0.29) is 13.0 Å². The van der Waals surface area contributed by atoms with Gasteiger partial charge >= 0.3 is 6.09 Å². The van der Waals surface area contributed by atoms with Crippen molar-refractivity contribution in [2.24, 2.45) is 0 Å².